The summed E-state index contributed by atoms with van der Waals surface area (Å²) in [6.07, 6.45) is 25.0. The number of rotatable bonds is 30. The number of carbonyl (C=O) groups is 9. The Balaban J connectivity index is 0.000000219. The van der Waals surface area contributed by atoms with E-state index in [9.17, 15) is 63.6 Å². The number of hydrogen-bond acceptors (Lipinski definition) is 20. The van der Waals surface area contributed by atoms with E-state index in [1.54, 1.807) is 54.6 Å². The van der Waals surface area contributed by atoms with Gasteiger partial charge in [-0.25, -0.2) is 14.4 Å². The predicted molar refractivity (Wildman–Crippen MR) is 494 cm³/mol. The normalized spacial score (nSPS) is 15.9. The Kier molecular flexibility index (Phi) is 38.2. The number of phenolic OH excluding ortho intramolecular Hbond substituents is 4. The van der Waals surface area contributed by atoms with Crippen molar-refractivity contribution in [3.63, 3.8) is 0 Å². The highest BCUT2D eigenvalue weighted by atomic mass is 32.2. The summed E-state index contributed by atoms with van der Waals surface area (Å²) in [7, 11) is 0. The summed E-state index contributed by atoms with van der Waals surface area (Å²) >= 11 is 1.92. The topological polar surface area (TPSA) is 362 Å². The van der Waals surface area contributed by atoms with E-state index in [-0.39, 0.29) is 104 Å². The van der Waals surface area contributed by atoms with Crippen molar-refractivity contribution in [2.24, 2.45) is 16.2 Å². The van der Waals surface area contributed by atoms with E-state index in [0.29, 0.717) is 156 Å². The standard InChI is InChI=1S/C29H29NO6.C20H12O5.C19H32N2O3S.C13H22N2O2.C10H21NO2.C10H18O/c1-28(2,3)12-4-5-13-30-26(33)17-6-9-20-23(14-17)29(36-27(20)34)21-10-7-18(31)15-24(21)35-25-16-19(32)8-11-22(25)29;21-11-5-7-15-17(9-11)24-18-10-12(22)6-8-16(18)20(15)14-4-2-1-3-13(14)19(23)25-20;1-19(2,3)11-14(23)9-6-8-13(22)7-4-5-10-16-17-15(12-25-16)20-18(24)21-17;1-5-6-7-8-11(16)14-10-9-12(17)15-13(2,3)4;1-9(12)11-6-5-7-13-8-10(2,3)4;1-5-6-7-8-9-11-10(2,3)4/h6-11,14-16,31-32H,4-5,12-13H2,1-3H3,(H,30,33);1-10,21-22H;15-17H,4-12H2,1-3H3,(H2,20,21,24);1H,6-10H2,2-4H3,(H,14,16)(H,15,17);5-8H2,1-4H3,(H,11,12);1H,6-9H2,2-4H3. The summed E-state index contributed by atoms with van der Waals surface area (Å²) in [5.41, 5.74) is 2.49. The number of phenols is 4. The first kappa shape index (κ1) is 103. The number of benzene rings is 6. The molecule has 0 aromatic heterocycles. The van der Waals surface area contributed by atoms with Crippen LogP contribution in [0.4, 0.5) is 4.79 Å². The SMILES string of the molecule is C#CCCCC(=O)NCCC(=O)NC(C)(C)C.C#CCCCCOC(C)(C)C.CC(=O)NCCCOCC(C)(C)C.CC(C)(C)CC(=O)CCCC(=O)CCCCC1SCC2NC(=O)NC21.CC(C)(C)CCCCNC(=O)c1ccc2c(c1)C1(OC2=O)c2ccc(O)cc2Oc2cc(O)ccc21.O=C1OC2(c3ccc(O)cc3Oc3cc(O)ccc32)c2ccccc21. The Labute approximate surface area is 754 Å². The molecule has 0 saturated carbocycles. The first-order chi connectivity index (χ1) is 59.7. The summed E-state index contributed by atoms with van der Waals surface area (Å²) in [4.78, 5) is 107. The van der Waals surface area contributed by atoms with Crippen LogP contribution >= 0.6 is 11.8 Å². The number of amides is 6. The molecule has 6 amide bonds. The molecular weight excluding hydrogens is 1630 g/mol. The van der Waals surface area contributed by atoms with Gasteiger partial charge in [-0.3, -0.25) is 28.8 Å². The highest BCUT2D eigenvalue weighted by Crippen LogP contribution is 2.59. The maximum Gasteiger partial charge on any atom is 0.340 e. The van der Waals surface area contributed by atoms with Crippen molar-refractivity contribution in [1.82, 2.24) is 31.9 Å². The number of thioether (sulfide) groups is 1. The zero-order valence-electron chi connectivity index (χ0n) is 77.1. The molecule has 6 aromatic rings. The lowest BCUT2D eigenvalue weighted by atomic mass is 9.77. The van der Waals surface area contributed by atoms with Gasteiger partial charge in [-0.1, -0.05) is 93.4 Å². The molecule has 3 unspecified atom stereocenters. The number of Topliss-reactive ketones (excluding diaryl/α,β-unsaturated/α-hetero) is 2. The lowest BCUT2D eigenvalue weighted by Crippen LogP contribution is -2.41. The van der Waals surface area contributed by atoms with Crippen LogP contribution in [-0.2, 0) is 54.1 Å². The molecule has 6 heterocycles. The van der Waals surface area contributed by atoms with Crippen molar-refractivity contribution in [3.05, 3.63) is 165 Å². The van der Waals surface area contributed by atoms with Gasteiger partial charge in [0.1, 0.15) is 57.6 Å². The molecule has 25 nitrogen and oxygen atoms in total. The molecule has 3 atom stereocenters. The van der Waals surface area contributed by atoms with Crippen molar-refractivity contribution in [1.29, 1.82) is 0 Å². The minimum absolute atomic E-state index is 0.00383. The summed E-state index contributed by atoms with van der Waals surface area (Å²) < 4.78 is 34.7. The quantitative estimate of drug-likeness (QED) is 0.00866. The second kappa shape index (κ2) is 47.1. The van der Waals surface area contributed by atoms with Gasteiger partial charge in [0.05, 0.1) is 35.4 Å². The molecule has 12 rings (SSSR count). The van der Waals surface area contributed by atoms with Crippen molar-refractivity contribution in [2.45, 2.75) is 272 Å². The van der Waals surface area contributed by atoms with E-state index in [4.69, 9.17) is 41.3 Å². The molecule has 2 fully saturated rings. The number of nitrogens with one attached hydrogen (secondary N) is 6. The number of aromatic hydroxyl groups is 4. The first-order valence-corrected chi connectivity index (χ1v) is 45.1. The number of ether oxygens (including phenoxy) is 6. The van der Waals surface area contributed by atoms with Crippen molar-refractivity contribution in [3.8, 4) is 70.7 Å². The number of hydrogen-bond donors (Lipinski definition) is 10. The van der Waals surface area contributed by atoms with Crippen LogP contribution in [0.15, 0.2) is 115 Å². The van der Waals surface area contributed by atoms with Crippen molar-refractivity contribution < 1.29 is 92.0 Å². The fourth-order valence-corrected chi connectivity index (χ4v) is 16.5. The maximum absolute atomic E-state index is 13.0. The zero-order valence-corrected chi connectivity index (χ0v) is 77.9. The largest absolute Gasteiger partial charge is 0.508 e. The number of fused-ring (bicyclic) bond motifs is 13. The van der Waals surface area contributed by atoms with Crippen LogP contribution in [0.5, 0.6) is 46.0 Å². The lowest BCUT2D eigenvalue weighted by Gasteiger charge is -2.36. The molecule has 0 bridgehead atoms. The first-order valence-electron chi connectivity index (χ1n) is 44.1. The molecule has 6 aromatic carbocycles. The summed E-state index contributed by atoms with van der Waals surface area (Å²) in [6.45, 7) is 36.6. The Hall–Kier alpha value is -11.1. The third-order valence-electron chi connectivity index (χ3n) is 20.7. The molecule has 6 aliphatic rings. The van der Waals surface area contributed by atoms with E-state index in [1.165, 1.54) is 55.5 Å². The molecule has 2 spiro atoms. The van der Waals surface area contributed by atoms with Crippen LogP contribution in [0.1, 0.15) is 297 Å². The Morgan fingerprint density at radius 2 is 1.03 bits per heavy atom. The summed E-state index contributed by atoms with van der Waals surface area (Å²) in [5.74, 6) is 6.73. The molecule has 6 aliphatic heterocycles. The van der Waals surface area contributed by atoms with Crippen LogP contribution in [0.2, 0.25) is 0 Å². The third kappa shape index (κ3) is 32.3. The van der Waals surface area contributed by atoms with E-state index < -0.39 is 23.1 Å². The van der Waals surface area contributed by atoms with Gasteiger partial charge in [0, 0.05) is 171 Å². The van der Waals surface area contributed by atoms with Crippen molar-refractivity contribution >= 4 is 64.9 Å². The molecule has 688 valence electrons. The van der Waals surface area contributed by atoms with Crippen LogP contribution < -0.4 is 41.4 Å². The van der Waals surface area contributed by atoms with Crippen LogP contribution in [0.3, 0.4) is 0 Å². The molecule has 26 heteroatoms. The fraction of sp³-hybridized carbons (Fsp3) is 0.515. The molecule has 0 aliphatic carbocycles. The van der Waals surface area contributed by atoms with Gasteiger partial charge in [-0.2, -0.15) is 11.8 Å². The van der Waals surface area contributed by atoms with E-state index in [0.717, 1.165) is 89.8 Å². The zero-order chi connectivity index (χ0) is 93.7. The average Bonchev–Trinajstić information content (AvgIpc) is 1.62. The third-order valence-corrected chi connectivity index (χ3v) is 22.2. The predicted octanol–water partition coefficient (Wildman–Crippen LogP) is 18.1. The van der Waals surface area contributed by atoms with E-state index in [2.05, 4.69) is 127 Å². The number of terminal acetylenes is 2. The van der Waals surface area contributed by atoms with E-state index >= 15 is 0 Å². The van der Waals surface area contributed by atoms with Gasteiger partial charge in [0.2, 0.25) is 17.7 Å². The van der Waals surface area contributed by atoms with Crippen LogP contribution in [-0.4, -0.2) is 147 Å². The molecule has 10 N–H and O–H groups in total. The Bertz CT molecular complexity index is 4770. The van der Waals surface area contributed by atoms with Gasteiger partial charge in [0.15, 0.2) is 11.2 Å². The molecule has 2 saturated heterocycles. The van der Waals surface area contributed by atoms with Crippen molar-refractivity contribution in [2.75, 3.05) is 45.2 Å². The monoisotopic (exact) mass is 1770 g/mol. The Morgan fingerprint density at radius 1 is 0.504 bits per heavy atom. The summed E-state index contributed by atoms with van der Waals surface area (Å²) in [5, 5.41) is 57.4. The van der Waals surface area contributed by atoms with Gasteiger partial charge in [0.25, 0.3) is 5.91 Å². The second-order valence-corrected chi connectivity index (χ2v) is 39.5. The average molecular weight is 1770 g/mol. The highest BCUT2D eigenvalue weighted by molar-refractivity contribution is 8.00. The minimum atomic E-state index is -1.39. The number of ketones is 2. The minimum Gasteiger partial charge on any atom is -0.508 e. The molecule has 127 heavy (non-hydrogen) atoms. The molecule has 0 radical (unpaired) electrons. The number of esters is 2. The van der Waals surface area contributed by atoms with Gasteiger partial charge >= 0.3 is 18.0 Å². The smallest absolute Gasteiger partial charge is 0.340 e. The maximum atomic E-state index is 13.0. The Morgan fingerprint density at radius 3 is 1.56 bits per heavy atom. The number of carbonyl (C=O) groups excluding carboxylic acids is 9. The number of urea groups is 1. The second-order valence-electron chi connectivity index (χ2n) is 38.2. The van der Waals surface area contributed by atoms with Crippen LogP contribution in [0, 0.1) is 40.9 Å². The van der Waals surface area contributed by atoms with Crippen LogP contribution in [0.25, 0.3) is 0 Å². The fourth-order valence-electron chi connectivity index (χ4n) is 14.9. The molecular formula is C101H134N6O19S. The highest BCUT2D eigenvalue weighted by Gasteiger charge is 2.56. The van der Waals surface area contributed by atoms with Gasteiger partial charge in [-0.05, 0) is 188 Å². The lowest BCUT2D eigenvalue weighted by molar-refractivity contribution is -0.124. The summed E-state index contributed by atoms with van der Waals surface area (Å²) in [6, 6.07) is 31.1. The van der Waals surface area contributed by atoms with Gasteiger partial charge in [-0.15, -0.1) is 24.7 Å². The van der Waals surface area contributed by atoms with Gasteiger partial charge < -0.3 is 80.7 Å². The van der Waals surface area contributed by atoms with E-state index in [1.807, 2.05) is 44.7 Å². The number of unbranched alkanes of at least 4 members (excludes halogenated alkanes) is 5.